The van der Waals surface area contributed by atoms with Crippen LogP contribution >= 0.6 is 0 Å². The number of aryl methyl sites for hydroxylation is 3. The molecule has 0 spiro atoms. The molecule has 0 amide bonds. The van der Waals surface area contributed by atoms with Crippen molar-refractivity contribution in [3.63, 3.8) is 0 Å². The summed E-state index contributed by atoms with van der Waals surface area (Å²) < 4.78 is 11.7. The fourth-order valence-electron chi connectivity index (χ4n) is 3.93. The average Bonchev–Trinajstić information content (AvgIpc) is 3.10. The minimum atomic E-state index is 0.615. The topological polar surface area (TPSA) is 66.1 Å². The monoisotopic (exact) mass is 441 g/mol. The minimum absolute atomic E-state index is 0.615. The van der Waals surface area contributed by atoms with Crippen molar-refractivity contribution in [3.05, 3.63) is 47.2 Å². The number of nitrogens with zero attached hydrogens (tertiary/aromatic N) is 4. The molecule has 0 unspecified atom stereocenters. The Balaban J connectivity index is 1.43. The summed E-state index contributed by atoms with van der Waals surface area (Å²) in [4.78, 5) is 14.0. The Labute approximate surface area is 192 Å². The summed E-state index contributed by atoms with van der Waals surface area (Å²) in [7, 11) is 2.08. The Kier molecular flexibility index (Phi) is 8.97. The predicted molar refractivity (Wildman–Crippen MR) is 129 cm³/mol. The Bertz CT molecular complexity index is 851. The molecule has 1 N–H and O–H groups in total. The van der Waals surface area contributed by atoms with E-state index in [0.717, 1.165) is 86.7 Å². The quantitative estimate of drug-likeness (QED) is 0.472. The number of aliphatic imine (C=N–C) groups is 1. The molecule has 1 aromatic heterocycles. The molecule has 176 valence electrons. The number of oxazole rings is 1. The number of rotatable bonds is 9. The van der Waals surface area contributed by atoms with E-state index in [9.17, 15) is 0 Å². The Morgan fingerprint density at radius 2 is 2.00 bits per heavy atom. The highest BCUT2D eigenvalue weighted by molar-refractivity contribution is 5.79. The van der Waals surface area contributed by atoms with Gasteiger partial charge in [0.05, 0.1) is 18.8 Å². The first-order valence-corrected chi connectivity index (χ1v) is 11.8. The van der Waals surface area contributed by atoms with Gasteiger partial charge in [0.25, 0.3) is 0 Å². The van der Waals surface area contributed by atoms with E-state index in [0.29, 0.717) is 12.5 Å². The highest BCUT2D eigenvalue weighted by atomic mass is 16.5. The number of para-hydroxylation sites is 1. The van der Waals surface area contributed by atoms with Crippen molar-refractivity contribution < 1.29 is 9.15 Å². The molecule has 1 aliphatic heterocycles. The molecule has 7 nitrogen and oxygen atoms in total. The molecular formula is C25H39N5O2. The number of likely N-dealkylation sites (N-methyl/N-ethyl adjacent to an activating group) is 1. The molecule has 0 atom stereocenters. The fourth-order valence-corrected chi connectivity index (χ4v) is 3.93. The molecule has 1 aromatic carbocycles. The lowest BCUT2D eigenvalue weighted by atomic mass is 9.97. The molecular weight excluding hydrogens is 402 g/mol. The van der Waals surface area contributed by atoms with Gasteiger partial charge in [0.15, 0.2) is 5.96 Å². The number of benzene rings is 1. The SMILES string of the molecule is CCNC(=NCC1CCN(Cc2nc(C)c(C)o2)CC1)N(C)CCOc1ccccc1C. The van der Waals surface area contributed by atoms with Gasteiger partial charge in [-0.2, -0.15) is 0 Å². The summed E-state index contributed by atoms with van der Waals surface area (Å²) in [6.07, 6.45) is 2.31. The lowest BCUT2D eigenvalue weighted by molar-refractivity contribution is 0.166. The van der Waals surface area contributed by atoms with Crippen molar-refractivity contribution in [1.82, 2.24) is 20.1 Å². The van der Waals surface area contributed by atoms with E-state index in [1.54, 1.807) is 0 Å². The molecule has 1 aliphatic rings. The number of aromatic nitrogens is 1. The summed E-state index contributed by atoms with van der Waals surface area (Å²) in [6.45, 7) is 14.2. The van der Waals surface area contributed by atoms with E-state index in [2.05, 4.69) is 47.1 Å². The summed E-state index contributed by atoms with van der Waals surface area (Å²) in [5.74, 6) is 4.28. The smallest absolute Gasteiger partial charge is 0.208 e. The number of guanidine groups is 1. The third-order valence-corrected chi connectivity index (χ3v) is 6.11. The second-order valence-electron chi connectivity index (χ2n) is 8.70. The molecule has 1 saturated heterocycles. The second-order valence-corrected chi connectivity index (χ2v) is 8.70. The maximum Gasteiger partial charge on any atom is 0.208 e. The lowest BCUT2D eigenvalue weighted by Gasteiger charge is -2.30. The number of ether oxygens (including phenoxy) is 1. The fraction of sp³-hybridized carbons (Fsp3) is 0.600. The van der Waals surface area contributed by atoms with E-state index in [1.165, 1.54) is 0 Å². The summed E-state index contributed by atoms with van der Waals surface area (Å²) in [5, 5.41) is 3.42. The van der Waals surface area contributed by atoms with Crippen LogP contribution in [0.3, 0.4) is 0 Å². The van der Waals surface area contributed by atoms with Gasteiger partial charge in [-0.25, -0.2) is 4.98 Å². The molecule has 0 saturated carbocycles. The van der Waals surface area contributed by atoms with E-state index in [-0.39, 0.29) is 0 Å². The van der Waals surface area contributed by atoms with Crippen LogP contribution < -0.4 is 10.1 Å². The molecule has 1 fully saturated rings. The number of hydrogen-bond acceptors (Lipinski definition) is 5. The highest BCUT2D eigenvalue weighted by Gasteiger charge is 2.21. The van der Waals surface area contributed by atoms with Crippen LogP contribution in [0.25, 0.3) is 0 Å². The first-order chi connectivity index (χ1) is 15.5. The van der Waals surface area contributed by atoms with Crippen molar-refractivity contribution in [2.45, 2.75) is 47.1 Å². The molecule has 0 bridgehead atoms. The van der Waals surface area contributed by atoms with E-state index in [1.807, 2.05) is 32.0 Å². The van der Waals surface area contributed by atoms with Crippen molar-refractivity contribution >= 4 is 5.96 Å². The predicted octanol–water partition coefficient (Wildman–Crippen LogP) is 3.79. The van der Waals surface area contributed by atoms with Gasteiger partial charge in [0, 0.05) is 20.1 Å². The lowest BCUT2D eigenvalue weighted by Crippen LogP contribution is -2.41. The Hall–Kier alpha value is -2.54. The van der Waals surface area contributed by atoms with Gasteiger partial charge in [-0.05, 0) is 71.2 Å². The van der Waals surface area contributed by atoms with Crippen LogP contribution in [-0.4, -0.2) is 67.1 Å². The molecule has 0 aliphatic carbocycles. The zero-order valence-electron chi connectivity index (χ0n) is 20.4. The van der Waals surface area contributed by atoms with Gasteiger partial charge < -0.3 is 19.4 Å². The maximum atomic E-state index is 5.96. The van der Waals surface area contributed by atoms with Gasteiger partial charge >= 0.3 is 0 Å². The summed E-state index contributed by atoms with van der Waals surface area (Å²) in [6, 6.07) is 8.13. The van der Waals surface area contributed by atoms with Crippen LogP contribution in [0.15, 0.2) is 33.7 Å². The Morgan fingerprint density at radius 3 is 2.66 bits per heavy atom. The molecule has 3 rings (SSSR count). The number of piperidine rings is 1. The minimum Gasteiger partial charge on any atom is -0.491 e. The van der Waals surface area contributed by atoms with Crippen LogP contribution in [0.5, 0.6) is 5.75 Å². The van der Waals surface area contributed by atoms with Gasteiger partial charge in [-0.3, -0.25) is 9.89 Å². The third-order valence-electron chi connectivity index (χ3n) is 6.11. The van der Waals surface area contributed by atoms with Crippen LogP contribution in [0.4, 0.5) is 0 Å². The third kappa shape index (κ3) is 6.99. The molecule has 7 heteroatoms. The standard InChI is InChI=1S/C25H39N5O2/c1-6-26-25(29(5)15-16-31-23-10-8-7-9-19(23)2)27-17-22-11-13-30(14-12-22)18-24-28-20(3)21(4)32-24/h7-10,22H,6,11-18H2,1-5H3,(H,26,27). The molecule has 2 aromatic rings. The van der Waals surface area contributed by atoms with Gasteiger partial charge in [0.1, 0.15) is 18.1 Å². The van der Waals surface area contributed by atoms with Crippen molar-refractivity contribution in [2.75, 3.05) is 46.4 Å². The van der Waals surface area contributed by atoms with Crippen LogP contribution in [-0.2, 0) is 6.54 Å². The number of nitrogens with one attached hydrogen (secondary N) is 1. The maximum absolute atomic E-state index is 5.96. The first kappa shape index (κ1) is 24.1. The van der Waals surface area contributed by atoms with Crippen LogP contribution in [0.1, 0.15) is 42.7 Å². The van der Waals surface area contributed by atoms with Gasteiger partial charge in [-0.15, -0.1) is 0 Å². The van der Waals surface area contributed by atoms with Crippen LogP contribution in [0.2, 0.25) is 0 Å². The van der Waals surface area contributed by atoms with Gasteiger partial charge in [0.2, 0.25) is 5.89 Å². The zero-order valence-corrected chi connectivity index (χ0v) is 20.4. The molecule has 2 heterocycles. The zero-order chi connectivity index (χ0) is 22.9. The number of likely N-dealkylation sites (tertiary alicyclic amines) is 1. The highest BCUT2D eigenvalue weighted by Crippen LogP contribution is 2.20. The molecule has 0 radical (unpaired) electrons. The van der Waals surface area contributed by atoms with E-state index in [4.69, 9.17) is 14.1 Å². The second kappa shape index (κ2) is 11.9. The largest absolute Gasteiger partial charge is 0.491 e. The van der Waals surface area contributed by atoms with Crippen LogP contribution in [0, 0.1) is 26.7 Å². The van der Waals surface area contributed by atoms with Crippen molar-refractivity contribution in [1.29, 1.82) is 0 Å². The first-order valence-electron chi connectivity index (χ1n) is 11.8. The van der Waals surface area contributed by atoms with E-state index < -0.39 is 0 Å². The molecule has 32 heavy (non-hydrogen) atoms. The average molecular weight is 442 g/mol. The van der Waals surface area contributed by atoms with Gasteiger partial charge in [-0.1, -0.05) is 18.2 Å². The van der Waals surface area contributed by atoms with Crippen molar-refractivity contribution in [2.24, 2.45) is 10.9 Å². The Morgan fingerprint density at radius 1 is 1.25 bits per heavy atom. The normalized spacial score (nSPS) is 15.7. The van der Waals surface area contributed by atoms with E-state index >= 15 is 0 Å². The summed E-state index contributed by atoms with van der Waals surface area (Å²) >= 11 is 0. The summed E-state index contributed by atoms with van der Waals surface area (Å²) in [5.41, 5.74) is 2.16. The number of hydrogen-bond donors (Lipinski definition) is 1. The van der Waals surface area contributed by atoms with Crippen molar-refractivity contribution in [3.8, 4) is 5.75 Å².